The summed E-state index contributed by atoms with van der Waals surface area (Å²) >= 11 is 0. The highest BCUT2D eigenvalue weighted by molar-refractivity contribution is 5.95. The van der Waals surface area contributed by atoms with E-state index in [4.69, 9.17) is 18.7 Å². The van der Waals surface area contributed by atoms with Crippen LogP contribution in [0.5, 0.6) is 11.5 Å². The summed E-state index contributed by atoms with van der Waals surface area (Å²) in [6, 6.07) is 4.97. The molecule has 2 aromatic rings. The molecule has 0 aliphatic rings. The number of aryl methyl sites for hydroxylation is 2. The number of aromatic nitrogens is 1. The van der Waals surface area contributed by atoms with E-state index in [1.807, 2.05) is 6.92 Å². The summed E-state index contributed by atoms with van der Waals surface area (Å²) < 4.78 is 20.6. The van der Waals surface area contributed by atoms with E-state index in [0.29, 0.717) is 29.4 Å². The normalized spacial score (nSPS) is 11.6. The molecule has 146 valence electrons. The van der Waals surface area contributed by atoms with Crippen LogP contribution < -0.4 is 14.8 Å². The van der Waals surface area contributed by atoms with Crippen molar-refractivity contribution in [1.82, 2.24) is 5.16 Å². The number of carbonyl (C=O) groups excluding carboxylic acids is 2. The quantitative estimate of drug-likeness (QED) is 0.707. The molecule has 27 heavy (non-hydrogen) atoms. The lowest BCUT2D eigenvalue weighted by Crippen LogP contribution is -2.30. The van der Waals surface area contributed by atoms with Crippen LogP contribution in [0.15, 0.2) is 22.7 Å². The van der Waals surface area contributed by atoms with Gasteiger partial charge in [0.25, 0.3) is 5.91 Å². The Bertz CT molecular complexity index is 795. The molecule has 1 amide bonds. The first-order valence-corrected chi connectivity index (χ1v) is 8.49. The molecule has 0 saturated heterocycles. The summed E-state index contributed by atoms with van der Waals surface area (Å²) in [6.07, 6.45) is -0.351. The van der Waals surface area contributed by atoms with Crippen molar-refractivity contribution in [3.05, 3.63) is 35.2 Å². The fourth-order valence-corrected chi connectivity index (χ4v) is 2.55. The molecule has 1 aromatic heterocycles. The van der Waals surface area contributed by atoms with Gasteiger partial charge in [0.2, 0.25) is 0 Å². The predicted octanol–water partition coefficient (Wildman–Crippen LogP) is 2.81. The van der Waals surface area contributed by atoms with Gasteiger partial charge in [-0.2, -0.15) is 0 Å². The maximum absolute atomic E-state index is 12.3. The largest absolute Gasteiger partial charge is 0.493 e. The molecule has 1 atom stereocenters. The van der Waals surface area contributed by atoms with Crippen LogP contribution in [0.25, 0.3) is 0 Å². The van der Waals surface area contributed by atoms with Crippen LogP contribution in [0.1, 0.15) is 30.4 Å². The minimum Gasteiger partial charge on any atom is -0.493 e. The summed E-state index contributed by atoms with van der Waals surface area (Å²) in [7, 11) is 3.03. The van der Waals surface area contributed by atoms with Crippen LogP contribution in [0.2, 0.25) is 0 Å². The Hall–Kier alpha value is -3.03. The van der Waals surface area contributed by atoms with Crippen molar-refractivity contribution in [3.8, 4) is 11.5 Å². The van der Waals surface area contributed by atoms with E-state index >= 15 is 0 Å². The van der Waals surface area contributed by atoms with Gasteiger partial charge in [-0.3, -0.25) is 9.59 Å². The lowest BCUT2D eigenvalue weighted by molar-refractivity contribution is -0.153. The predicted molar refractivity (Wildman–Crippen MR) is 98.0 cm³/mol. The van der Waals surface area contributed by atoms with Crippen LogP contribution in [-0.2, 0) is 20.7 Å². The first-order valence-electron chi connectivity index (χ1n) is 8.49. The fraction of sp³-hybridized carbons (Fsp3) is 0.421. The Labute approximate surface area is 157 Å². The monoisotopic (exact) mass is 376 g/mol. The van der Waals surface area contributed by atoms with Gasteiger partial charge in [-0.25, -0.2) is 0 Å². The van der Waals surface area contributed by atoms with E-state index in [1.54, 1.807) is 25.1 Å². The SMILES string of the molecule is COc1ccc(NC(=O)[C@H](C)OC(=O)CCc2c(C)noc2C)cc1OC. The maximum atomic E-state index is 12.3. The highest BCUT2D eigenvalue weighted by Gasteiger charge is 2.19. The smallest absolute Gasteiger partial charge is 0.306 e. The standard InChI is InChI=1S/C19H24N2O6/c1-11-15(12(2)27-21-11)7-9-18(22)26-13(3)19(23)20-14-6-8-16(24-4)17(10-14)25-5/h6,8,10,13H,7,9H2,1-5H3,(H,20,23)/t13-/m0/s1. The zero-order valence-electron chi connectivity index (χ0n) is 16.1. The molecule has 1 aromatic carbocycles. The Morgan fingerprint density at radius 1 is 1.19 bits per heavy atom. The minimum absolute atomic E-state index is 0.136. The number of esters is 1. The van der Waals surface area contributed by atoms with Crippen LogP contribution in [0.3, 0.4) is 0 Å². The molecule has 0 fully saturated rings. The van der Waals surface area contributed by atoms with E-state index in [0.717, 1.165) is 11.3 Å². The van der Waals surface area contributed by atoms with Crippen molar-refractivity contribution in [2.24, 2.45) is 0 Å². The molecule has 0 saturated carbocycles. The van der Waals surface area contributed by atoms with Gasteiger partial charge in [0, 0.05) is 23.7 Å². The summed E-state index contributed by atoms with van der Waals surface area (Å²) in [5, 5.41) is 6.53. The molecule has 0 aliphatic heterocycles. The second-order valence-corrected chi connectivity index (χ2v) is 5.99. The van der Waals surface area contributed by atoms with Crippen molar-refractivity contribution in [3.63, 3.8) is 0 Å². The number of amides is 1. The molecular formula is C19H24N2O6. The van der Waals surface area contributed by atoms with Crippen molar-refractivity contribution in [2.45, 2.75) is 39.7 Å². The summed E-state index contributed by atoms with van der Waals surface area (Å²) in [4.78, 5) is 24.3. The number of anilines is 1. The molecule has 0 radical (unpaired) electrons. The lowest BCUT2D eigenvalue weighted by Gasteiger charge is -2.15. The maximum Gasteiger partial charge on any atom is 0.306 e. The van der Waals surface area contributed by atoms with E-state index in [1.165, 1.54) is 21.1 Å². The van der Waals surface area contributed by atoms with E-state index < -0.39 is 18.0 Å². The van der Waals surface area contributed by atoms with E-state index in [2.05, 4.69) is 10.5 Å². The third-order valence-corrected chi connectivity index (χ3v) is 4.09. The van der Waals surface area contributed by atoms with E-state index in [9.17, 15) is 9.59 Å². The molecule has 0 aliphatic carbocycles. The van der Waals surface area contributed by atoms with Gasteiger partial charge in [-0.1, -0.05) is 5.16 Å². The van der Waals surface area contributed by atoms with Gasteiger partial charge >= 0.3 is 5.97 Å². The first kappa shape index (κ1) is 20.3. The van der Waals surface area contributed by atoms with Crippen molar-refractivity contribution in [1.29, 1.82) is 0 Å². The number of nitrogens with zero attached hydrogens (tertiary/aromatic N) is 1. The van der Waals surface area contributed by atoms with Crippen LogP contribution in [0.4, 0.5) is 5.69 Å². The Morgan fingerprint density at radius 3 is 2.48 bits per heavy atom. The number of ether oxygens (including phenoxy) is 3. The van der Waals surface area contributed by atoms with Crippen LogP contribution >= 0.6 is 0 Å². The van der Waals surface area contributed by atoms with Crippen molar-refractivity contribution >= 4 is 17.6 Å². The third kappa shape index (κ3) is 5.22. The average Bonchev–Trinajstić information content (AvgIpc) is 2.97. The number of nitrogens with one attached hydrogen (secondary N) is 1. The molecule has 1 heterocycles. The van der Waals surface area contributed by atoms with Gasteiger partial charge in [0.05, 0.1) is 19.9 Å². The van der Waals surface area contributed by atoms with Gasteiger partial charge in [0.1, 0.15) is 5.76 Å². The van der Waals surface area contributed by atoms with Crippen LogP contribution in [-0.4, -0.2) is 37.4 Å². The zero-order chi connectivity index (χ0) is 20.0. The van der Waals surface area contributed by atoms with Gasteiger partial charge in [-0.15, -0.1) is 0 Å². The number of hydrogen-bond donors (Lipinski definition) is 1. The minimum atomic E-state index is -0.935. The summed E-state index contributed by atoms with van der Waals surface area (Å²) in [5.74, 6) is 0.811. The molecule has 0 bridgehead atoms. The number of rotatable bonds is 8. The summed E-state index contributed by atoms with van der Waals surface area (Å²) in [5.41, 5.74) is 2.14. The average molecular weight is 376 g/mol. The van der Waals surface area contributed by atoms with Gasteiger partial charge in [0.15, 0.2) is 17.6 Å². The molecule has 0 unspecified atom stereocenters. The second-order valence-electron chi connectivity index (χ2n) is 5.99. The Morgan fingerprint density at radius 2 is 1.89 bits per heavy atom. The Balaban J connectivity index is 1.88. The van der Waals surface area contributed by atoms with Crippen LogP contribution in [0, 0.1) is 13.8 Å². The Kier molecular flexibility index (Phi) is 6.81. The number of hydrogen-bond acceptors (Lipinski definition) is 7. The number of carbonyl (C=O) groups is 2. The third-order valence-electron chi connectivity index (χ3n) is 4.09. The van der Waals surface area contributed by atoms with Crippen molar-refractivity contribution < 1.29 is 28.3 Å². The highest BCUT2D eigenvalue weighted by atomic mass is 16.5. The molecule has 8 heteroatoms. The molecule has 8 nitrogen and oxygen atoms in total. The van der Waals surface area contributed by atoms with Crippen molar-refractivity contribution in [2.75, 3.05) is 19.5 Å². The number of benzene rings is 1. The molecular weight excluding hydrogens is 352 g/mol. The number of methoxy groups -OCH3 is 2. The zero-order valence-corrected chi connectivity index (χ0v) is 16.1. The summed E-state index contributed by atoms with van der Waals surface area (Å²) in [6.45, 7) is 5.13. The lowest BCUT2D eigenvalue weighted by atomic mass is 10.1. The topological polar surface area (TPSA) is 99.9 Å². The van der Waals surface area contributed by atoms with E-state index in [-0.39, 0.29) is 6.42 Å². The van der Waals surface area contributed by atoms with Gasteiger partial charge < -0.3 is 24.1 Å². The molecule has 2 rings (SSSR count). The highest BCUT2D eigenvalue weighted by Crippen LogP contribution is 2.29. The second kappa shape index (κ2) is 9.07. The molecule has 0 spiro atoms. The fourth-order valence-electron chi connectivity index (χ4n) is 2.55. The first-order chi connectivity index (χ1) is 12.8. The van der Waals surface area contributed by atoms with Gasteiger partial charge in [-0.05, 0) is 39.3 Å². The molecule has 1 N–H and O–H groups in total.